The first-order chi connectivity index (χ1) is 9.91. The number of aromatic nitrogens is 2. The standard InChI is InChI=1S/C12H18N4O4S/c1-7(2)5-8-15-16-11(21-8)13-10(19)14-12(9(17)18)3-4-20-6-12/h7H,3-6H2,1-2H3,(H,17,18)(H2,13,14,16,19). The lowest BCUT2D eigenvalue weighted by molar-refractivity contribution is -0.144. The normalized spacial score (nSPS) is 21.5. The number of carbonyl (C=O) groups is 2. The molecular formula is C12H18N4O4S. The predicted molar refractivity (Wildman–Crippen MR) is 76.4 cm³/mol. The van der Waals surface area contributed by atoms with Gasteiger partial charge in [0.15, 0.2) is 5.54 Å². The maximum absolute atomic E-state index is 11.9. The highest BCUT2D eigenvalue weighted by Crippen LogP contribution is 2.21. The van der Waals surface area contributed by atoms with Crippen molar-refractivity contribution in [2.45, 2.75) is 32.2 Å². The zero-order valence-corrected chi connectivity index (χ0v) is 12.7. The first-order valence-corrected chi connectivity index (χ1v) is 7.45. The number of hydrogen-bond acceptors (Lipinski definition) is 6. The number of hydrogen-bond donors (Lipinski definition) is 3. The van der Waals surface area contributed by atoms with Crippen molar-refractivity contribution in [1.82, 2.24) is 15.5 Å². The molecule has 0 aromatic carbocycles. The van der Waals surface area contributed by atoms with Crippen LogP contribution < -0.4 is 10.6 Å². The Morgan fingerprint density at radius 2 is 2.24 bits per heavy atom. The zero-order chi connectivity index (χ0) is 15.5. The Morgan fingerprint density at radius 3 is 2.81 bits per heavy atom. The summed E-state index contributed by atoms with van der Waals surface area (Å²) in [5.74, 6) is -0.654. The van der Waals surface area contributed by atoms with E-state index < -0.39 is 17.5 Å². The Morgan fingerprint density at radius 1 is 1.48 bits per heavy atom. The third-order valence-corrected chi connectivity index (χ3v) is 3.92. The van der Waals surface area contributed by atoms with E-state index in [1.165, 1.54) is 11.3 Å². The number of aliphatic carboxylic acids is 1. The third kappa shape index (κ3) is 3.88. The number of urea groups is 1. The molecule has 2 rings (SSSR count). The van der Waals surface area contributed by atoms with Crippen molar-refractivity contribution in [1.29, 1.82) is 0 Å². The number of ether oxygens (including phenoxy) is 1. The van der Waals surface area contributed by atoms with Crippen LogP contribution in [-0.2, 0) is 16.0 Å². The summed E-state index contributed by atoms with van der Waals surface area (Å²) in [6, 6.07) is -0.616. The van der Waals surface area contributed by atoms with Crippen molar-refractivity contribution >= 4 is 28.5 Å². The minimum Gasteiger partial charge on any atom is -0.479 e. The van der Waals surface area contributed by atoms with E-state index in [-0.39, 0.29) is 13.0 Å². The summed E-state index contributed by atoms with van der Waals surface area (Å²) in [6.45, 7) is 4.41. The fourth-order valence-electron chi connectivity index (χ4n) is 1.97. The average Bonchev–Trinajstić information content (AvgIpc) is 2.99. The predicted octanol–water partition coefficient (Wildman–Crippen LogP) is 1.10. The van der Waals surface area contributed by atoms with Gasteiger partial charge in [-0.3, -0.25) is 5.32 Å². The van der Waals surface area contributed by atoms with Gasteiger partial charge in [-0.1, -0.05) is 25.2 Å². The topological polar surface area (TPSA) is 113 Å². The maximum Gasteiger partial charge on any atom is 0.332 e. The van der Waals surface area contributed by atoms with Crippen LogP contribution in [0.15, 0.2) is 0 Å². The molecule has 1 fully saturated rings. The van der Waals surface area contributed by atoms with Crippen molar-refractivity contribution in [3.63, 3.8) is 0 Å². The average molecular weight is 314 g/mol. The molecular weight excluding hydrogens is 296 g/mol. The molecule has 1 atom stereocenters. The van der Waals surface area contributed by atoms with E-state index in [1.54, 1.807) is 0 Å². The fourth-order valence-corrected chi connectivity index (χ4v) is 2.91. The smallest absolute Gasteiger partial charge is 0.332 e. The Bertz CT molecular complexity index is 525. The Hall–Kier alpha value is -1.74. The molecule has 2 amide bonds. The summed E-state index contributed by atoms with van der Waals surface area (Å²) in [6.07, 6.45) is 1.03. The highest BCUT2D eigenvalue weighted by Gasteiger charge is 2.44. The largest absolute Gasteiger partial charge is 0.479 e. The van der Waals surface area contributed by atoms with Crippen LogP contribution in [0.5, 0.6) is 0 Å². The Balaban J connectivity index is 1.95. The van der Waals surface area contributed by atoms with E-state index in [0.29, 0.717) is 17.7 Å². The molecule has 0 aliphatic carbocycles. The van der Waals surface area contributed by atoms with Crippen LogP contribution in [0, 0.1) is 5.92 Å². The molecule has 0 spiro atoms. The second-order valence-corrected chi connectivity index (χ2v) is 6.43. The molecule has 21 heavy (non-hydrogen) atoms. The molecule has 3 N–H and O–H groups in total. The van der Waals surface area contributed by atoms with Gasteiger partial charge < -0.3 is 15.2 Å². The van der Waals surface area contributed by atoms with Crippen LogP contribution in [0.25, 0.3) is 0 Å². The summed E-state index contributed by atoms with van der Waals surface area (Å²) >= 11 is 1.28. The first-order valence-electron chi connectivity index (χ1n) is 6.64. The van der Waals surface area contributed by atoms with Gasteiger partial charge in [0.25, 0.3) is 0 Å². The lowest BCUT2D eigenvalue weighted by Crippen LogP contribution is -2.56. The number of rotatable bonds is 5. The summed E-state index contributed by atoms with van der Waals surface area (Å²) in [4.78, 5) is 23.2. The minimum absolute atomic E-state index is 0.0372. The summed E-state index contributed by atoms with van der Waals surface area (Å²) in [7, 11) is 0. The Kier molecular flexibility index (Phi) is 4.73. The van der Waals surface area contributed by atoms with Crippen LogP contribution in [0.3, 0.4) is 0 Å². The molecule has 1 aliphatic heterocycles. The fraction of sp³-hybridized carbons (Fsp3) is 0.667. The van der Waals surface area contributed by atoms with Gasteiger partial charge in [-0.05, 0) is 5.92 Å². The van der Waals surface area contributed by atoms with Crippen molar-refractivity contribution in [3.8, 4) is 0 Å². The van der Waals surface area contributed by atoms with Crippen molar-refractivity contribution in [3.05, 3.63) is 5.01 Å². The van der Waals surface area contributed by atoms with Gasteiger partial charge in [-0.25, -0.2) is 9.59 Å². The minimum atomic E-state index is -1.37. The second-order valence-electron chi connectivity index (χ2n) is 5.37. The van der Waals surface area contributed by atoms with E-state index in [1.807, 2.05) is 0 Å². The van der Waals surface area contributed by atoms with Crippen molar-refractivity contribution < 1.29 is 19.4 Å². The van der Waals surface area contributed by atoms with Gasteiger partial charge in [-0.15, -0.1) is 10.2 Å². The highest BCUT2D eigenvalue weighted by atomic mass is 32.1. The molecule has 1 unspecified atom stereocenters. The molecule has 1 saturated heterocycles. The molecule has 116 valence electrons. The molecule has 9 heteroatoms. The number of carbonyl (C=O) groups excluding carboxylic acids is 1. The van der Waals surface area contributed by atoms with E-state index in [4.69, 9.17) is 4.74 Å². The van der Waals surface area contributed by atoms with Gasteiger partial charge >= 0.3 is 12.0 Å². The number of carboxylic acid groups (broad SMARTS) is 1. The van der Waals surface area contributed by atoms with E-state index in [2.05, 4.69) is 34.7 Å². The van der Waals surface area contributed by atoms with Gasteiger partial charge in [0.2, 0.25) is 5.13 Å². The first kappa shape index (κ1) is 15.6. The lowest BCUT2D eigenvalue weighted by atomic mass is 9.99. The molecule has 0 bridgehead atoms. The summed E-state index contributed by atoms with van der Waals surface area (Å²) < 4.78 is 5.07. The second kappa shape index (κ2) is 6.35. The molecule has 2 heterocycles. The number of carboxylic acids is 1. The number of nitrogens with zero attached hydrogens (tertiary/aromatic N) is 2. The van der Waals surface area contributed by atoms with Gasteiger partial charge in [-0.2, -0.15) is 0 Å². The monoisotopic (exact) mass is 314 g/mol. The molecule has 1 aromatic rings. The third-order valence-electron chi connectivity index (χ3n) is 3.05. The highest BCUT2D eigenvalue weighted by molar-refractivity contribution is 7.15. The quantitative estimate of drug-likeness (QED) is 0.750. The van der Waals surface area contributed by atoms with E-state index in [9.17, 15) is 14.7 Å². The number of anilines is 1. The van der Waals surface area contributed by atoms with Crippen LogP contribution in [0.4, 0.5) is 9.93 Å². The number of amides is 2. The van der Waals surface area contributed by atoms with Gasteiger partial charge in [0.1, 0.15) is 5.01 Å². The molecule has 0 radical (unpaired) electrons. The van der Waals surface area contributed by atoms with Crippen LogP contribution in [0.1, 0.15) is 25.3 Å². The van der Waals surface area contributed by atoms with Crippen LogP contribution in [0.2, 0.25) is 0 Å². The maximum atomic E-state index is 11.9. The lowest BCUT2D eigenvalue weighted by Gasteiger charge is -2.23. The molecule has 1 aliphatic rings. The summed E-state index contributed by atoms with van der Waals surface area (Å²) in [5, 5.41) is 23.2. The van der Waals surface area contributed by atoms with E-state index >= 15 is 0 Å². The van der Waals surface area contributed by atoms with Crippen molar-refractivity contribution in [2.24, 2.45) is 5.92 Å². The van der Waals surface area contributed by atoms with Crippen LogP contribution >= 0.6 is 11.3 Å². The molecule has 1 aromatic heterocycles. The SMILES string of the molecule is CC(C)Cc1nnc(NC(=O)NC2(C(=O)O)CCOC2)s1. The van der Waals surface area contributed by atoms with E-state index in [0.717, 1.165) is 11.4 Å². The summed E-state index contributed by atoms with van der Waals surface area (Å²) in [5.41, 5.74) is -1.37. The van der Waals surface area contributed by atoms with Gasteiger partial charge in [0, 0.05) is 19.4 Å². The van der Waals surface area contributed by atoms with Gasteiger partial charge in [0.05, 0.1) is 6.61 Å². The Labute approximate surface area is 125 Å². The molecule has 0 saturated carbocycles. The molecule has 8 nitrogen and oxygen atoms in total. The van der Waals surface area contributed by atoms with Crippen LogP contribution in [-0.4, -0.2) is 46.1 Å². The van der Waals surface area contributed by atoms with Crippen molar-refractivity contribution in [2.75, 3.05) is 18.5 Å². The number of nitrogens with one attached hydrogen (secondary N) is 2. The zero-order valence-electron chi connectivity index (χ0n) is 11.9.